The quantitative estimate of drug-likeness (QED) is 0.521. The minimum absolute atomic E-state index is 0.764. The van der Waals surface area contributed by atoms with E-state index in [-0.39, 0.29) is 0 Å². The van der Waals surface area contributed by atoms with Gasteiger partial charge in [0.05, 0.1) is 6.04 Å². The highest BCUT2D eigenvalue weighted by molar-refractivity contribution is 4.78. The van der Waals surface area contributed by atoms with Gasteiger partial charge in [-0.25, -0.2) is 0 Å². The van der Waals surface area contributed by atoms with Crippen molar-refractivity contribution in [3.63, 3.8) is 0 Å². The van der Waals surface area contributed by atoms with Crippen LogP contribution in [-0.2, 0) is 0 Å². The van der Waals surface area contributed by atoms with E-state index in [1.54, 1.807) is 0 Å². The highest BCUT2D eigenvalue weighted by Gasteiger charge is 2.29. The molecule has 1 nitrogen and oxygen atoms in total. The molecule has 0 radical (unpaired) electrons. The molecule has 42 valence electrons. The smallest absolute Gasteiger partial charge is 0.0869 e. The molecule has 1 rings (SSSR count). The van der Waals surface area contributed by atoms with E-state index in [0.717, 1.165) is 12.0 Å². The summed E-state index contributed by atoms with van der Waals surface area (Å²) < 4.78 is 0. The van der Waals surface area contributed by atoms with Crippen LogP contribution in [0, 0.1) is 5.92 Å². The van der Waals surface area contributed by atoms with E-state index in [1.165, 1.54) is 19.3 Å². The van der Waals surface area contributed by atoms with Crippen molar-refractivity contribution >= 4 is 0 Å². The number of hydrogen-bond acceptors (Lipinski definition) is 0. The number of hydrogen-bond donors (Lipinski definition) is 1. The fourth-order valence-corrected chi connectivity index (χ4v) is 0.901. The van der Waals surface area contributed by atoms with E-state index in [4.69, 9.17) is 0 Å². The molecule has 1 fully saturated rings. The van der Waals surface area contributed by atoms with Crippen LogP contribution in [0.25, 0.3) is 0 Å². The van der Waals surface area contributed by atoms with Crippen LogP contribution in [-0.4, -0.2) is 6.04 Å². The third-order valence-corrected chi connectivity index (χ3v) is 1.81. The first-order valence-electron chi connectivity index (χ1n) is 3.17. The maximum Gasteiger partial charge on any atom is 0.0869 e. The van der Waals surface area contributed by atoms with Crippen LogP contribution >= 0.6 is 0 Å². The van der Waals surface area contributed by atoms with Gasteiger partial charge < -0.3 is 5.73 Å². The molecule has 1 atom stereocenters. The molecule has 7 heavy (non-hydrogen) atoms. The van der Waals surface area contributed by atoms with Gasteiger partial charge in [-0.1, -0.05) is 6.92 Å². The topological polar surface area (TPSA) is 27.6 Å². The van der Waals surface area contributed by atoms with Crippen molar-refractivity contribution in [1.82, 2.24) is 0 Å². The Bertz CT molecular complexity index is 57.2. The van der Waals surface area contributed by atoms with Gasteiger partial charge in [0.15, 0.2) is 0 Å². The summed E-state index contributed by atoms with van der Waals surface area (Å²) in [5, 5.41) is 0. The SMILES string of the molecule is CCC([NH3+])C1CC1. The summed E-state index contributed by atoms with van der Waals surface area (Å²) in [7, 11) is 0. The highest BCUT2D eigenvalue weighted by atomic mass is 14.7. The molecule has 1 saturated carbocycles. The Morgan fingerprint density at radius 1 is 1.71 bits per heavy atom. The highest BCUT2D eigenvalue weighted by Crippen LogP contribution is 2.31. The first-order chi connectivity index (χ1) is 3.34. The standard InChI is InChI=1S/C6H13N/c1-2-6(7)5-3-4-5/h5-6H,2-4,7H2,1H3/p+1. The minimum Gasteiger partial charge on any atom is -0.355 e. The molecule has 1 aliphatic carbocycles. The molecule has 1 unspecified atom stereocenters. The Hall–Kier alpha value is -0.0400. The molecular formula is C6H14N+. The molecule has 0 aromatic carbocycles. The summed E-state index contributed by atoms with van der Waals surface area (Å²) >= 11 is 0. The van der Waals surface area contributed by atoms with Crippen LogP contribution in [0.1, 0.15) is 26.2 Å². The van der Waals surface area contributed by atoms with Gasteiger partial charge >= 0.3 is 0 Å². The van der Waals surface area contributed by atoms with Gasteiger partial charge in [0, 0.05) is 5.92 Å². The van der Waals surface area contributed by atoms with Gasteiger partial charge in [0.2, 0.25) is 0 Å². The maximum absolute atomic E-state index is 4.02. The van der Waals surface area contributed by atoms with Crippen molar-refractivity contribution in [3.05, 3.63) is 0 Å². The molecule has 0 aromatic rings. The lowest BCUT2D eigenvalue weighted by Gasteiger charge is -1.98. The lowest BCUT2D eigenvalue weighted by atomic mass is 10.1. The second kappa shape index (κ2) is 1.83. The maximum atomic E-state index is 4.02. The third kappa shape index (κ3) is 1.16. The van der Waals surface area contributed by atoms with Crippen molar-refractivity contribution < 1.29 is 5.73 Å². The minimum atomic E-state index is 0.764. The van der Waals surface area contributed by atoms with Gasteiger partial charge in [-0.2, -0.15) is 0 Å². The first kappa shape index (κ1) is 5.10. The Morgan fingerprint density at radius 3 is 2.43 bits per heavy atom. The van der Waals surface area contributed by atoms with Crippen LogP contribution in [0.3, 0.4) is 0 Å². The summed E-state index contributed by atoms with van der Waals surface area (Å²) in [6, 6.07) is 0.764. The molecule has 0 amide bonds. The van der Waals surface area contributed by atoms with E-state index in [1.807, 2.05) is 0 Å². The van der Waals surface area contributed by atoms with Crippen molar-refractivity contribution in [3.8, 4) is 0 Å². The summed E-state index contributed by atoms with van der Waals surface area (Å²) in [5.41, 5.74) is 4.02. The zero-order valence-electron chi connectivity index (χ0n) is 4.98. The molecule has 0 saturated heterocycles. The van der Waals surface area contributed by atoms with Crippen LogP contribution in [0.4, 0.5) is 0 Å². The predicted molar refractivity (Wildman–Crippen MR) is 29.7 cm³/mol. The molecule has 0 spiro atoms. The van der Waals surface area contributed by atoms with Crippen molar-refractivity contribution in [2.24, 2.45) is 5.92 Å². The molecule has 1 heteroatoms. The average molecular weight is 100 g/mol. The summed E-state index contributed by atoms with van der Waals surface area (Å²) in [4.78, 5) is 0. The normalized spacial score (nSPS) is 24.9. The Kier molecular flexibility index (Phi) is 1.33. The molecule has 0 aromatic heterocycles. The van der Waals surface area contributed by atoms with E-state index in [2.05, 4.69) is 12.7 Å². The first-order valence-corrected chi connectivity index (χ1v) is 3.17. The molecule has 3 N–H and O–H groups in total. The van der Waals surface area contributed by atoms with E-state index < -0.39 is 0 Å². The average Bonchev–Trinajstić information content (AvgIpc) is 2.44. The second-order valence-electron chi connectivity index (χ2n) is 2.51. The summed E-state index contributed by atoms with van der Waals surface area (Å²) in [6.45, 7) is 2.22. The van der Waals surface area contributed by atoms with Crippen molar-refractivity contribution in [1.29, 1.82) is 0 Å². The number of rotatable bonds is 2. The van der Waals surface area contributed by atoms with Crippen molar-refractivity contribution in [2.45, 2.75) is 32.2 Å². The van der Waals surface area contributed by atoms with Gasteiger partial charge in [0.1, 0.15) is 0 Å². The molecule has 0 heterocycles. The van der Waals surface area contributed by atoms with Crippen LogP contribution < -0.4 is 5.73 Å². The Labute approximate surface area is 44.9 Å². The lowest BCUT2D eigenvalue weighted by molar-refractivity contribution is -0.426. The molecule has 1 aliphatic rings. The second-order valence-corrected chi connectivity index (χ2v) is 2.51. The van der Waals surface area contributed by atoms with Crippen molar-refractivity contribution in [2.75, 3.05) is 0 Å². The third-order valence-electron chi connectivity index (χ3n) is 1.81. The lowest BCUT2D eigenvalue weighted by Crippen LogP contribution is -2.61. The van der Waals surface area contributed by atoms with Gasteiger partial charge in [-0.15, -0.1) is 0 Å². The number of quaternary nitrogens is 1. The van der Waals surface area contributed by atoms with Gasteiger partial charge in [-0.05, 0) is 19.3 Å². The Morgan fingerprint density at radius 2 is 2.29 bits per heavy atom. The van der Waals surface area contributed by atoms with E-state index >= 15 is 0 Å². The summed E-state index contributed by atoms with van der Waals surface area (Å²) in [5.74, 6) is 1.00. The monoisotopic (exact) mass is 100 g/mol. The van der Waals surface area contributed by atoms with Crippen LogP contribution in [0.2, 0.25) is 0 Å². The molecule has 0 bridgehead atoms. The Balaban J connectivity index is 2.10. The molecule has 0 aliphatic heterocycles. The van der Waals surface area contributed by atoms with Gasteiger partial charge in [-0.3, -0.25) is 0 Å². The summed E-state index contributed by atoms with van der Waals surface area (Å²) in [6.07, 6.45) is 4.16. The van der Waals surface area contributed by atoms with E-state index in [0.29, 0.717) is 0 Å². The van der Waals surface area contributed by atoms with Crippen LogP contribution in [0.15, 0.2) is 0 Å². The molecular weight excluding hydrogens is 86.1 g/mol. The van der Waals surface area contributed by atoms with E-state index in [9.17, 15) is 0 Å². The largest absolute Gasteiger partial charge is 0.355 e. The van der Waals surface area contributed by atoms with Crippen LogP contribution in [0.5, 0.6) is 0 Å². The fraction of sp³-hybridized carbons (Fsp3) is 1.00. The zero-order valence-corrected chi connectivity index (χ0v) is 4.98. The fourth-order valence-electron chi connectivity index (χ4n) is 0.901. The van der Waals surface area contributed by atoms with Gasteiger partial charge in [0.25, 0.3) is 0 Å². The zero-order chi connectivity index (χ0) is 5.28. The predicted octanol–water partition coefficient (Wildman–Crippen LogP) is 0.417.